The summed E-state index contributed by atoms with van der Waals surface area (Å²) >= 11 is 1.56. The van der Waals surface area contributed by atoms with Gasteiger partial charge in [0.2, 0.25) is 0 Å². The van der Waals surface area contributed by atoms with Crippen LogP contribution in [-0.4, -0.2) is 18.5 Å². The van der Waals surface area contributed by atoms with Gasteiger partial charge in [0.25, 0.3) is 0 Å². The maximum absolute atomic E-state index is 13.2. The van der Waals surface area contributed by atoms with Crippen LogP contribution in [0.4, 0.5) is 4.39 Å². The summed E-state index contributed by atoms with van der Waals surface area (Å²) in [6.07, 6.45) is 1.00. The highest BCUT2D eigenvalue weighted by atomic mass is 32.1. The lowest BCUT2D eigenvalue weighted by atomic mass is 10.0. The molecule has 1 atom stereocenters. The summed E-state index contributed by atoms with van der Waals surface area (Å²) < 4.78 is 13.2. The monoisotopic (exact) mass is 185 g/mol. The maximum Gasteiger partial charge on any atom is 0.138 e. The minimum atomic E-state index is -0.0194. The Balaban J connectivity index is 2.45. The predicted octanol–water partition coefficient (Wildman–Crippen LogP) is 2.44. The summed E-state index contributed by atoms with van der Waals surface area (Å²) in [6.45, 7) is 3.11. The number of likely N-dealkylation sites (N-methyl/N-ethyl adjacent to an activating group) is 1. The van der Waals surface area contributed by atoms with E-state index in [9.17, 15) is 4.39 Å². The standard InChI is InChI=1S/C9H12FNS/c1-6-9-7(10)5-12-8(9)3-4-11(6)2/h5-6H,3-4H2,1-2H3. The fraction of sp³-hybridized carbons (Fsp3) is 0.556. The fourth-order valence-corrected chi connectivity index (χ4v) is 2.68. The van der Waals surface area contributed by atoms with E-state index in [0.717, 1.165) is 18.5 Å². The van der Waals surface area contributed by atoms with Crippen LogP contribution < -0.4 is 0 Å². The first-order valence-corrected chi connectivity index (χ1v) is 5.04. The Morgan fingerprint density at radius 3 is 3.17 bits per heavy atom. The van der Waals surface area contributed by atoms with Gasteiger partial charge in [-0.1, -0.05) is 0 Å². The highest BCUT2D eigenvalue weighted by Gasteiger charge is 2.25. The molecule has 0 aliphatic carbocycles. The van der Waals surface area contributed by atoms with Gasteiger partial charge < -0.3 is 0 Å². The Bertz CT molecular complexity index is 295. The summed E-state index contributed by atoms with van der Waals surface area (Å²) in [5, 5.41) is 1.63. The molecule has 0 spiro atoms. The third kappa shape index (κ3) is 1.08. The molecule has 1 aromatic heterocycles. The highest BCUT2D eigenvalue weighted by Crippen LogP contribution is 2.34. The van der Waals surface area contributed by atoms with Crippen LogP contribution in [0.15, 0.2) is 5.38 Å². The van der Waals surface area contributed by atoms with Crippen molar-refractivity contribution in [3.05, 3.63) is 21.6 Å². The molecule has 1 aromatic rings. The second-order valence-electron chi connectivity index (χ2n) is 3.33. The van der Waals surface area contributed by atoms with Gasteiger partial charge in [0.15, 0.2) is 0 Å². The van der Waals surface area contributed by atoms with Gasteiger partial charge in [-0.15, -0.1) is 11.3 Å². The fourth-order valence-electron chi connectivity index (χ4n) is 1.70. The molecule has 0 fully saturated rings. The Morgan fingerprint density at radius 1 is 1.67 bits per heavy atom. The van der Waals surface area contributed by atoms with Gasteiger partial charge >= 0.3 is 0 Å². The average molecular weight is 185 g/mol. The molecule has 2 heterocycles. The van der Waals surface area contributed by atoms with Crippen LogP contribution in [0.2, 0.25) is 0 Å². The van der Waals surface area contributed by atoms with Gasteiger partial charge in [0, 0.05) is 28.4 Å². The maximum atomic E-state index is 13.2. The molecule has 66 valence electrons. The number of hydrogen-bond donors (Lipinski definition) is 0. The summed E-state index contributed by atoms with van der Waals surface area (Å²) in [4.78, 5) is 3.43. The molecule has 0 radical (unpaired) electrons. The molecule has 0 aromatic carbocycles. The number of rotatable bonds is 0. The van der Waals surface area contributed by atoms with Gasteiger partial charge in [-0.3, -0.25) is 4.90 Å². The topological polar surface area (TPSA) is 3.24 Å². The molecule has 1 unspecified atom stereocenters. The second-order valence-corrected chi connectivity index (χ2v) is 4.29. The Hall–Kier alpha value is -0.410. The zero-order valence-corrected chi connectivity index (χ0v) is 8.12. The predicted molar refractivity (Wildman–Crippen MR) is 49.0 cm³/mol. The molecule has 1 aliphatic rings. The normalized spacial score (nSPS) is 24.1. The van der Waals surface area contributed by atoms with Gasteiger partial charge in [0.05, 0.1) is 0 Å². The van der Waals surface area contributed by atoms with E-state index in [0.29, 0.717) is 0 Å². The van der Waals surface area contributed by atoms with E-state index >= 15 is 0 Å². The lowest BCUT2D eigenvalue weighted by Crippen LogP contribution is -2.29. The van der Waals surface area contributed by atoms with Crippen LogP contribution >= 0.6 is 11.3 Å². The second kappa shape index (κ2) is 2.82. The number of hydrogen-bond acceptors (Lipinski definition) is 2. The quantitative estimate of drug-likeness (QED) is 0.600. The molecule has 3 heteroatoms. The largest absolute Gasteiger partial charge is 0.299 e. The molecule has 1 aliphatic heterocycles. The van der Waals surface area contributed by atoms with Crippen molar-refractivity contribution < 1.29 is 4.39 Å². The summed E-state index contributed by atoms with van der Waals surface area (Å²) in [7, 11) is 2.05. The van der Waals surface area contributed by atoms with Crippen molar-refractivity contribution in [2.75, 3.05) is 13.6 Å². The first kappa shape index (κ1) is 8.20. The van der Waals surface area contributed by atoms with E-state index in [1.807, 2.05) is 7.05 Å². The van der Waals surface area contributed by atoms with E-state index in [1.165, 1.54) is 4.88 Å². The van der Waals surface area contributed by atoms with Crippen molar-refractivity contribution in [1.29, 1.82) is 0 Å². The van der Waals surface area contributed by atoms with Gasteiger partial charge in [0.1, 0.15) is 5.82 Å². The summed E-state index contributed by atoms with van der Waals surface area (Å²) in [5.74, 6) is -0.0194. The van der Waals surface area contributed by atoms with Crippen molar-refractivity contribution in [2.24, 2.45) is 0 Å². The zero-order valence-electron chi connectivity index (χ0n) is 7.30. The van der Waals surface area contributed by atoms with Crippen molar-refractivity contribution in [3.8, 4) is 0 Å². The van der Waals surface area contributed by atoms with Crippen LogP contribution in [0, 0.1) is 5.82 Å². The molecular formula is C9H12FNS. The van der Waals surface area contributed by atoms with Crippen molar-refractivity contribution in [3.63, 3.8) is 0 Å². The molecule has 1 nitrogen and oxygen atoms in total. The van der Waals surface area contributed by atoms with Crippen LogP contribution in [0.5, 0.6) is 0 Å². The first-order valence-electron chi connectivity index (χ1n) is 4.16. The van der Waals surface area contributed by atoms with Gasteiger partial charge in [-0.25, -0.2) is 4.39 Å². The van der Waals surface area contributed by atoms with E-state index in [1.54, 1.807) is 16.7 Å². The summed E-state index contributed by atoms with van der Waals surface area (Å²) in [5.41, 5.74) is 0.925. The Labute approximate surface area is 75.8 Å². The molecule has 0 N–H and O–H groups in total. The Kier molecular flexibility index (Phi) is 1.93. The molecule has 0 saturated heterocycles. The number of thiophene rings is 1. The van der Waals surface area contributed by atoms with E-state index in [-0.39, 0.29) is 11.9 Å². The SMILES string of the molecule is CC1c2c(F)csc2CCN1C. The minimum Gasteiger partial charge on any atom is -0.299 e. The lowest BCUT2D eigenvalue weighted by molar-refractivity contribution is 0.244. The van der Waals surface area contributed by atoms with Gasteiger partial charge in [-0.05, 0) is 20.4 Å². The number of nitrogens with zero attached hydrogens (tertiary/aromatic N) is 1. The summed E-state index contributed by atoms with van der Waals surface area (Å²) in [6, 6.07) is 0.250. The molecular weight excluding hydrogens is 173 g/mol. The van der Waals surface area contributed by atoms with Gasteiger partial charge in [-0.2, -0.15) is 0 Å². The molecule has 0 amide bonds. The molecule has 12 heavy (non-hydrogen) atoms. The first-order chi connectivity index (χ1) is 5.70. The Morgan fingerprint density at radius 2 is 2.42 bits per heavy atom. The number of fused-ring (bicyclic) bond motifs is 1. The molecule has 0 bridgehead atoms. The average Bonchev–Trinajstić information content (AvgIpc) is 2.41. The van der Waals surface area contributed by atoms with E-state index in [4.69, 9.17) is 0 Å². The third-order valence-electron chi connectivity index (χ3n) is 2.63. The van der Waals surface area contributed by atoms with Crippen LogP contribution in [-0.2, 0) is 6.42 Å². The van der Waals surface area contributed by atoms with Crippen molar-refractivity contribution in [1.82, 2.24) is 4.90 Å². The minimum absolute atomic E-state index is 0.0194. The van der Waals surface area contributed by atoms with Crippen molar-refractivity contribution in [2.45, 2.75) is 19.4 Å². The van der Waals surface area contributed by atoms with Crippen molar-refractivity contribution >= 4 is 11.3 Å². The molecule has 2 rings (SSSR count). The zero-order chi connectivity index (χ0) is 8.72. The third-order valence-corrected chi connectivity index (χ3v) is 3.67. The molecule has 0 saturated carbocycles. The lowest BCUT2D eigenvalue weighted by Gasteiger charge is -2.29. The van der Waals surface area contributed by atoms with Crippen LogP contribution in [0.1, 0.15) is 23.4 Å². The van der Waals surface area contributed by atoms with Crippen LogP contribution in [0.3, 0.4) is 0 Å². The highest BCUT2D eigenvalue weighted by molar-refractivity contribution is 7.10. The smallest absolute Gasteiger partial charge is 0.138 e. The number of halogens is 1. The van der Waals surface area contributed by atoms with E-state index in [2.05, 4.69) is 11.8 Å². The van der Waals surface area contributed by atoms with Crippen LogP contribution in [0.25, 0.3) is 0 Å². The van der Waals surface area contributed by atoms with E-state index < -0.39 is 0 Å².